The van der Waals surface area contributed by atoms with E-state index in [0.717, 1.165) is 46.4 Å². The number of benzene rings is 8. The lowest BCUT2D eigenvalue weighted by atomic mass is 9.78. The second-order valence-corrected chi connectivity index (χ2v) is 19.7. The third-order valence-corrected chi connectivity index (χ3v) is 13.8. The highest BCUT2D eigenvalue weighted by atomic mass is 32.2. The maximum atomic E-state index is 13.4. The van der Waals surface area contributed by atoms with E-state index in [4.69, 9.17) is 18.9 Å². The van der Waals surface area contributed by atoms with Crippen LogP contribution in [0.1, 0.15) is 75.9 Å². The van der Waals surface area contributed by atoms with Crippen molar-refractivity contribution < 1.29 is 32.2 Å². The number of carbonyl (C=O) groups is 1. The predicted molar refractivity (Wildman–Crippen MR) is 267 cm³/mol. The fourth-order valence-corrected chi connectivity index (χ4v) is 8.92. The summed E-state index contributed by atoms with van der Waals surface area (Å²) in [5.41, 5.74) is 6.15. The summed E-state index contributed by atoms with van der Waals surface area (Å²) < 4.78 is 51.0. The molecule has 0 atom stereocenters. The molecular weight excluding hydrogens is 853 g/mol. The predicted octanol–water partition coefficient (Wildman–Crippen LogP) is 15.7. The number of ketones is 1. The molecule has 0 fully saturated rings. The summed E-state index contributed by atoms with van der Waals surface area (Å²) in [5, 5.41) is 0. The van der Waals surface area contributed by atoms with Gasteiger partial charge >= 0.3 is 0 Å². The second kappa shape index (κ2) is 19.6. The lowest BCUT2D eigenvalue weighted by Gasteiger charge is -2.27. The normalized spacial score (nSPS) is 11.7. The van der Waals surface area contributed by atoms with Crippen LogP contribution >= 0.6 is 0 Å². The minimum Gasteiger partial charge on any atom is -0.488 e. The van der Waals surface area contributed by atoms with Gasteiger partial charge in [-0.25, -0.2) is 8.42 Å². The van der Waals surface area contributed by atoms with Crippen molar-refractivity contribution >= 4 is 15.6 Å². The summed E-state index contributed by atoms with van der Waals surface area (Å²) in [6.07, 6.45) is 1.96. The lowest BCUT2D eigenvalue weighted by Crippen LogP contribution is -2.22. The van der Waals surface area contributed by atoms with Crippen LogP contribution in [0.4, 0.5) is 0 Å². The highest BCUT2D eigenvalue weighted by Crippen LogP contribution is 2.34. The lowest BCUT2D eigenvalue weighted by molar-refractivity contribution is 0.103. The Bertz CT molecular complexity index is 3020. The van der Waals surface area contributed by atoms with E-state index in [1.165, 1.54) is 0 Å². The first kappa shape index (κ1) is 46.1. The van der Waals surface area contributed by atoms with Crippen molar-refractivity contribution in [2.75, 3.05) is 0 Å². The third kappa shape index (κ3) is 11.2. The molecule has 0 spiro atoms. The quantitative estimate of drug-likeness (QED) is 0.0892. The Balaban J connectivity index is 0.813. The average molecular weight is 907 g/mol. The van der Waals surface area contributed by atoms with E-state index in [9.17, 15) is 13.2 Å². The zero-order valence-corrected chi connectivity index (χ0v) is 39.5. The molecule has 338 valence electrons. The van der Waals surface area contributed by atoms with Crippen molar-refractivity contribution in [2.45, 2.75) is 75.2 Å². The van der Waals surface area contributed by atoms with Crippen LogP contribution in [0.15, 0.2) is 204 Å². The van der Waals surface area contributed by atoms with Gasteiger partial charge in [-0.15, -0.1) is 0 Å². The molecule has 0 aliphatic heterocycles. The molecule has 0 aliphatic rings. The van der Waals surface area contributed by atoms with Crippen LogP contribution in [0.3, 0.4) is 0 Å². The molecule has 8 rings (SSSR count). The van der Waals surface area contributed by atoms with Gasteiger partial charge in [-0.2, -0.15) is 0 Å². The summed E-state index contributed by atoms with van der Waals surface area (Å²) in [6, 6.07) is 59.4. The number of rotatable bonds is 16. The monoisotopic (exact) mass is 906 g/mol. The van der Waals surface area contributed by atoms with E-state index in [1.807, 2.05) is 130 Å². The molecule has 0 saturated carbocycles. The molecule has 0 heterocycles. The van der Waals surface area contributed by atoms with E-state index >= 15 is 0 Å². The van der Waals surface area contributed by atoms with E-state index in [1.54, 1.807) is 84.9 Å². The van der Waals surface area contributed by atoms with Crippen LogP contribution in [-0.4, -0.2) is 19.8 Å². The Labute approximate surface area is 394 Å². The van der Waals surface area contributed by atoms with E-state index in [2.05, 4.69) is 20.8 Å². The Morgan fingerprint density at radius 2 is 0.657 bits per heavy atom. The molecule has 67 heavy (non-hydrogen) atoms. The molecule has 8 aromatic rings. The molecule has 0 aromatic heterocycles. The summed E-state index contributed by atoms with van der Waals surface area (Å²) >= 11 is 0. The minimum atomic E-state index is -3.68. The maximum absolute atomic E-state index is 13.4. The van der Waals surface area contributed by atoms with Gasteiger partial charge in [-0.3, -0.25) is 4.79 Å². The SMILES string of the molecule is CCC(C)(CC)c1ccc(S(=O)(=O)c2ccc(Oc3ccc(-c4ccc(Oc5ccc(C(=O)c6ccc(Oc7ccc(-c8ccc(OC(C)(C)C)cc8)cc7)cc6)cc5)cc4)cc3)cc2)cc1. The van der Waals surface area contributed by atoms with Gasteiger partial charge in [0.05, 0.1) is 9.79 Å². The van der Waals surface area contributed by atoms with Crippen molar-refractivity contribution in [1.82, 2.24) is 0 Å². The van der Waals surface area contributed by atoms with Crippen LogP contribution in [0.25, 0.3) is 22.3 Å². The largest absolute Gasteiger partial charge is 0.488 e. The smallest absolute Gasteiger partial charge is 0.206 e. The molecule has 0 radical (unpaired) electrons. The molecular formula is C59H54O7S. The fourth-order valence-electron chi connectivity index (χ4n) is 7.66. The maximum Gasteiger partial charge on any atom is 0.206 e. The van der Waals surface area contributed by atoms with Crippen LogP contribution in [0.2, 0.25) is 0 Å². The van der Waals surface area contributed by atoms with Crippen molar-refractivity contribution in [3.63, 3.8) is 0 Å². The molecule has 0 bridgehead atoms. The van der Waals surface area contributed by atoms with Gasteiger partial charge in [0.25, 0.3) is 0 Å². The highest BCUT2D eigenvalue weighted by molar-refractivity contribution is 7.91. The average Bonchev–Trinajstić information content (AvgIpc) is 3.35. The molecule has 8 heteroatoms. The van der Waals surface area contributed by atoms with Crippen LogP contribution in [0, 0.1) is 0 Å². The number of carbonyl (C=O) groups excluding carboxylic acids is 1. The summed E-state index contributed by atoms with van der Waals surface area (Å²) in [6.45, 7) is 12.6. The Morgan fingerprint density at radius 1 is 0.388 bits per heavy atom. The molecule has 0 saturated heterocycles. The minimum absolute atomic E-state index is 0.0177. The first-order valence-electron chi connectivity index (χ1n) is 22.5. The van der Waals surface area contributed by atoms with Crippen molar-refractivity contribution in [3.8, 4) is 62.5 Å². The first-order valence-corrected chi connectivity index (χ1v) is 24.0. The second-order valence-electron chi connectivity index (χ2n) is 17.8. The van der Waals surface area contributed by atoms with E-state index in [-0.39, 0.29) is 26.6 Å². The molecule has 0 N–H and O–H groups in total. The standard InChI is InChI=1S/C59H54O7S/c1-7-59(6,8-2)47-21-37-55(38-22-47)67(61,62)56-39-35-53(36-40-56)65-50-27-11-42(12-28-50)41-9-23-48(24-10-41)63-51-29-17-45(18-30-51)57(60)46-19-31-52(32-20-46)64-49-25-13-43(14-26-49)44-15-33-54(34-16-44)66-58(3,4)5/h9-40H,7-8H2,1-6H3. The first-order chi connectivity index (χ1) is 32.2. The number of hydrogen-bond donors (Lipinski definition) is 0. The Hall–Kier alpha value is -7.42. The van der Waals surface area contributed by atoms with E-state index in [0.29, 0.717) is 45.6 Å². The molecule has 0 amide bonds. The molecule has 8 aromatic carbocycles. The van der Waals surface area contributed by atoms with Crippen LogP contribution in [0.5, 0.6) is 40.2 Å². The molecule has 7 nitrogen and oxygen atoms in total. The van der Waals surface area contributed by atoms with Crippen LogP contribution < -0.4 is 18.9 Å². The zero-order valence-electron chi connectivity index (χ0n) is 38.7. The summed E-state index contributed by atoms with van der Waals surface area (Å²) in [7, 11) is -3.68. The van der Waals surface area contributed by atoms with Gasteiger partial charge in [0, 0.05) is 11.1 Å². The van der Waals surface area contributed by atoms with Crippen molar-refractivity contribution in [2.24, 2.45) is 0 Å². The van der Waals surface area contributed by atoms with Crippen molar-refractivity contribution in [1.29, 1.82) is 0 Å². The number of sulfone groups is 1. The van der Waals surface area contributed by atoms with Crippen molar-refractivity contribution in [3.05, 3.63) is 211 Å². The fraction of sp³-hybridized carbons (Fsp3) is 0.169. The molecule has 0 aliphatic carbocycles. The Morgan fingerprint density at radius 3 is 0.955 bits per heavy atom. The van der Waals surface area contributed by atoms with Gasteiger partial charge in [0.15, 0.2) is 5.78 Å². The molecule has 0 unspecified atom stereocenters. The third-order valence-electron chi connectivity index (χ3n) is 12.0. The van der Waals surface area contributed by atoms with Gasteiger partial charge < -0.3 is 18.9 Å². The van der Waals surface area contributed by atoms with Gasteiger partial charge in [-0.05, 0) is 200 Å². The van der Waals surface area contributed by atoms with Gasteiger partial charge in [-0.1, -0.05) is 81.4 Å². The van der Waals surface area contributed by atoms with Gasteiger partial charge in [0.1, 0.15) is 45.8 Å². The topological polar surface area (TPSA) is 88.1 Å². The Kier molecular flexibility index (Phi) is 13.5. The van der Waals surface area contributed by atoms with Gasteiger partial charge in [0.2, 0.25) is 9.84 Å². The van der Waals surface area contributed by atoms with Crippen LogP contribution in [-0.2, 0) is 15.3 Å². The number of hydrogen-bond acceptors (Lipinski definition) is 7. The zero-order chi connectivity index (χ0) is 47.2. The summed E-state index contributed by atoms with van der Waals surface area (Å²) in [4.78, 5) is 13.8. The highest BCUT2D eigenvalue weighted by Gasteiger charge is 2.24. The number of ether oxygens (including phenoxy) is 4. The summed E-state index contributed by atoms with van der Waals surface area (Å²) in [5.74, 6) is 4.49. The van der Waals surface area contributed by atoms with E-state index < -0.39 is 9.84 Å².